The van der Waals surface area contributed by atoms with Gasteiger partial charge < -0.3 is 10.6 Å². The van der Waals surface area contributed by atoms with Crippen LogP contribution in [0.25, 0.3) is 0 Å². The highest BCUT2D eigenvalue weighted by molar-refractivity contribution is 9.10. The minimum Gasteiger partial charge on any atom is -0.369 e. The molecule has 0 bridgehead atoms. The van der Waals surface area contributed by atoms with Crippen molar-refractivity contribution in [3.63, 3.8) is 0 Å². The Kier molecular flexibility index (Phi) is 3.40. The lowest BCUT2D eigenvalue weighted by molar-refractivity contribution is -0.116. The third-order valence-corrected chi connectivity index (χ3v) is 3.88. The third kappa shape index (κ3) is 2.39. The Morgan fingerprint density at radius 2 is 2.05 bits per heavy atom. The van der Waals surface area contributed by atoms with Crippen molar-refractivity contribution in [2.75, 3.05) is 10.6 Å². The number of halogens is 3. The van der Waals surface area contributed by atoms with Crippen LogP contribution in [0.1, 0.15) is 11.6 Å². The molecule has 1 atom stereocenters. The van der Waals surface area contributed by atoms with E-state index >= 15 is 0 Å². The first-order chi connectivity index (χ1) is 9.54. The van der Waals surface area contributed by atoms with Crippen molar-refractivity contribution in [1.29, 1.82) is 0 Å². The lowest BCUT2D eigenvalue weighted by atomic mass is 10.1. The van der Waals surface area contributed by atoms with Gasteiger partial charge >= 0.3 is 0 Å². The molecule has 20 heavy (non-hydrogen) atoms. The number of nitrogens with one attached hydrogen (secondary N) is 2. The molecular weight excluding hydrogens is 347 g/mol. The van der Waals surface area contributed by atoms with Crippen molar-refractivity contribution >= 4 is 44.8 Å². The van der Waals surface area contributed by atoms with Gasteiger partial charge in [-0.25, -0.2) is 4.39 Å². The zero-order valence-electron chi connectivity index (χ0n) is 10.1. The molecule has 0 saturated carbocycles. The van der Waals surface area contributed by atoms with Crippen molar-refractivity contribution in [2.45, 2.75) is 6.04 Å². The van der Waals surface area contributed by atoms with Crippen LogP contribution in [0.5, 0.6) is 0 Å². The van der Waals surface area contributed by atoms with Crippen LogP contribution >= 0.6 is 27.5 Å². The van der Waals surface area contributed by atoms with E-state index in [2.05, 4.69) is 26.6 Å². The number of carbonyl (C=O) groups excluding carboxylic acids is 1. The highest BCUT2D eigenvalue weighted by Gasteiger charge is 2.30. The van der Waals surface area contributed by atoms with E-state index in [1.807, 2.05) is 18.2 Å². The average Bonchev–Trinajstić information content (AvgIpc) is 2.69. The maximum atomic E-state index is 13.0. The van der Waals surface area contributed by atoms with Crippen molar-refractivity contribution < 1.29 is 9.18 Å². The fourth-order valence-electron chi connectivity index (χ4n) is 2.14. The third-order valence-electron chi connectivity index (χ3n) is 3.08. The van der Waals surface area contributed by atoms with Crippen molar-refractivity contribution in [3.8, 4) is 0 Å². The number of hydrogen-bond donors (Lipinski definition) is 2. The molecule has 3 rings (SSSR count). The summed E-state index contributed by atoms with van der Waals surface area (Å²) in [4.78, 5) is 12.0. The lowest BCUT2D eigenvalue weighted by Crippen LogP contribution is -2.19. The van der Waals surface area contributed by atoms with E-state index in [0.29, 0.717) is 5.69 Å². The Balaban J connectivity index is 1.95. The minimum atomic E-state index is -0.550. The molecule has 1 aliphatic rings. The first-order valence-corrected chi connectivity index (χ1v) is 7.03. The number of hydrogen-bond acceptors (Lipinski definition) is 2. The Labute approximate surface area is 128 Å². The Morgan fingerprint density at radius 3 is 2.80 bits per heavy atom. The topological polar surface area (TPSA) is 41.1 Å². The van der Waals surface area contributed by atoms with E-state index in [4.69, 9.17) is 11.6 Å². The fraction of sp³-hybridized carbons (Fsp3) is 0.0714. The minimum absolute atomic E-state index is 0.168. The van der Waals surface area contributed by atoms with Crippen LogP contribution in [0.15, 0.2) is 40.9 Å². The average molecular weight is 356 g/mol. The zero-order valence-corrected chi connectivity index (χ0v) is 12.4. The van der Waals surface area contributed by atoms with Gasteiger partial charge in [0.25, 0.3) is 5.91 Å². The van der Waals surface area contributed by atoms with Gasteiger partial charge in [0.05, 0.1) is 10.7 Å². The van der Waals surface area contributed by atoms with Crippen LogP contribution in [0, 0.1) is 5.82 Å². The smallest absolute Gasteiger partial charge is 0.251 e. The van der Waals surface area contributed by atoms with Gasteiger partial charge in [0.2, 0.25) is 0 Å². The molecule has 0 aromatic heterocycles. The van der Waals surface area contributed by atoms with E-state index in [1.165, 1.54) is 18.2 Å². The molecule has 2 N–H and O–H groups in total. The summed E-state index contributed by atoms with van der Waals surface area (Å²) in [6, 6.07) is 9.01. The zero-order chi connectivity index (χ0) is 14.3. The predicted octanol–water partition coefficient (Wildman–Crippen LogP) is 4.35. The highest BCUT2D eigenvalue weighted by Crippen LogP contribution is 2.36. The molecule has 0 spiro atoms. The number of anilines is 2. The Morgan fingerprint density at radius 1 is 1.25 bits per heavy atom. The molecular formula is C14H9BrClFN2O. The fourth-order valence-corrected chi connectivity index (χ4v) is 2.74. The van der Waals surface area contributed by atoms with Gasteiger partial charge in [-0.15, -0.1) is 0 Å². The standard InChI is InChI=1S/C14H9BrClFN2O/c15-7-1-3-11-9(5-7)13(14(20)19-11)18-12-4-2-8(17)6-10(12)16/h1-6,13,18H,(H,19,20). The first-order valence-electron chi connectivity index (χ1n) is 5.86. The number of fused-ring (bicyclic) bond motifs is 1. The maximum Gasteiger partial charge on any atom is 0.251 e. The maximum absolute atomic E-state index is 13.0. The predicted molar refractivity (Wildman–Crippen MR) is 80.5 cm³/mol. The second-order valence-corrected chi connectivity index (χ2v) is 5.75. The van der Waals surface area contributed by atoms with Crippen LogP contribution in [-0.2, 0) is 4.79 Å². The van der Waals surface area contributed by atoms with Crippen molar-refractivity contribution in [1.82, 2.24) is 0 Å². The summed E-state index contributed by atoms with van der Waals surface area (Å²) in [5.41, 5.74) is 2.10. The van der Waals surface area contributed by atoms with E-state index in [0.717, 1.165) is 15.7 Å². The van der Waals surface area contributed by atoms with Crippen molar-refractivity contribution in [2.24, 2.45) is 0 Å². The van der Waals surface area contributed by atoms with Gasteiger partial charge in [-0.05, 0) is 36.4 Å². The number of carbonyl (C=O) groups is 1. The Bertz CT molecular complexity index is 708. The van der Waals surface area contributed by atoms with Gasteiger partial charge in [-0.2, -0.15) is 0 Å². The molecule has 6 heteroatoms. The molecule has 102 valence electrons. The number of benzene rings is 2. The van der Waals surface area contributed by atoms with Gasteiger partial charge in [0.1, 0.15) is 11.9 Å². The molecule has 1 amide bonds. The lowest BCUT2D eigenvalue weighted by Gasteiger charge is -2.14. The van der Waals surface area contributed by atoms with E-state index < -0.39 is 11.9 Å². The molecule has 1 heterocycles. The van der Waals surface area contributed by atoms with Crippen LogP contribution < -0.4 is 10.6 Å². The van der Waals surface area contributed by atoms with Gasteiger partial charge in [-0.3, -0.25) is 4.79 Å². The summed E-state index contributed by atoms with van der Waals surface area (Å²) in [7, 11) is 0. The summed E-state index contributed by atoms with van der Waals surface area (Å²) in [5, 5.41) is 6.06. The molecule has 0 fully saturated rings. The second kappa shape index (κ2) is 5.07. The summed E-state index contributed by atoms with van der Waals surface area (Å²) in [6.07, 6.45) is 0. The van der Waals surface area contributed by atoms with E-state index in [-0.39, 0.29) is 10.9 Å². The SMILES string of the molecule is O=C1Nc2ccc(Br)cc2C1Nc1ccc(F)cc1Cl. The second-order valence-electron chi connectivity index (χ2n) is 4.42. The monoisotopic (exact) mass is 354 g/mol. The highest BCUT2D eigenvalue weighted by atomic mass is 79.9. The van der Waals surface area contributed by atoms with Crippen LogP contribution in [0.3, 0.4) is 0 Å². The van der Waals surface area contributed by atoms with Gasteiger partial charge in [0.15, 0.2) is 0 Å². The molecule has 1 unspecified atom stereocenters. The van der Waals surface area contributed by atoms with Crippen LogP contribution in [0.2, 0.25) is 5.02 Å². The van der Waals surface area contributed by atoms with E-state index in [1.54, 1.807) is 0 Å². The normalized spacial score (nSPS) is 16.8. The summed E-state index contributed by atoms with van der Waals surface area (Å²) in [6.45, 7) is 0. The Hall–Kier alpha value is -1.59. The molecule has 0 aliphatic carbocycles. The number of rotatable bonds is 2. The van der Waals surface area contributed by atoms with Crippen molar-refractivity contribution in [3.05, 3.63) is 57.3 Å². The number of amides is 1. The van der Waals surface area contributed by atoms with E-state index in [9.17, 15) is 9.18 Å². The summed E-state index contributed by atoms with van der Waals surface area (Å²) >= 11 is 9.35. The summed E-state index contributed by atoms with van der Waals surface area (Å²) < 4.78 is 13.9. The molecule has 0 saturated heterocycles. The largest absolute Gasteiger partial charge is 0.369 e. The van der Waals surface area contributed by atoms with Crippen LogP contribution in [0.4, 0.5) is 15.8 Å². The molecule has 3 nitrogen and oxygen atoms in total. The quantitative estimate of drug-likeness (QED) is 0.841. The van der Waals surface area contributed by atoms with Gasteiger partial charge in [-0.1, -0.05) is 27.5 Å². The molecule has 2 aromatic rings. The molecule has 2 aromatic carbocycles. The van der Waals surface area contributed by atoms with Gasteiger partial charge in [0, 0.05) is 15.7 Å². The summed E-state index contributed by atoms with van der Waals surface area (Å²) in [5.74, 6) is -0.585. The first kappa shape index (κ1) is 13.4. The van der Waals surface area contributed by atoms with Crippen LogP contribution in [-0.4, -0.2) is 5.91 Å². The molecule has 0 radical (unpaired) electrons. The molecule has 1 aliphatic heterocycles.